The molecule has 4 rings (SSSR count). The summed E-state index contributed by atoms with van der Waals surface area (Å²) in [6.45, 7) is 2.52. The van der Waals surface area contributed by atoms with Gasteiger partial charge in [0, 0.05) is 27.7 Å². The molecule has 126 valence electrons. The first kappa shape index (κ1) is 15.9. The fraction of sp³-hybridized carbons (Fsp3) is 0.118. The van der Waals surface area contributed by atoms with E-state index >= 15 is 0 Å². The Labute approximate surface area is 153 Å². The Morgan fingerprint density at radius 2 is 2.00 bits per heavy atom. The minimum atomic E-state index is 0.404. The summed E-state index contributed by atoms with van der Waals surface area (Å²) >= 11 is 12.6. The third-order valence-electron chi connectivity index (χ3n) is 3.91. The third-order valence-corrected chi connectivity index (χ3v) is 4.66. The molecule has 0 aliphatic carbocycles. The normalized spacial score (nSPS) is 11.2. The number of furan rings is 1. The molecule has 8 heteroatoms. The average Bonchev–Trinajstić information content (AvgIpc) is 3.24. The van der Waals surface area contributed by atoms with Crippen LogP contribution in [0.25, 0.3) is 22.6 Å². The summed E-state index contributed by atoms with van der Waals surface area (Å²) in [5.41, 5.74) is 3.60. The molecule has 25 heavy (non-hydrogen) atoms. The van der Waals surface area contributed by atoms with Crippen molar-refractivity contribution in [2.24, 2.45) is 0 Å². The molecule has 0 aliphatic rings. The van der Waals surface area contributed by atoms with E-state index in [1.54, 1.807) is 0 Å². The molecule has 6 nitrogen and oxygen atoms in total. The second-order valence-corrected chi connectivity index (χ2v) is 6.46. The molecule has 0 spiro atoms. The fourth-order valence-corrected chi connectivity index (χ4v) is 2.93. The Morgan fingerprint density at radius 3 is 2.76 bits per heavy atom. The lowest BCUT2D eigenvalue weighted by atomic mass is 10.1. The van der Waals surface area contributed by atoms with E-state index in [1.165, 1.54) is 0 Å². The molecule has 0 unspecified atom stereocenters. The van der Waals surface area contributed by atoms with Crippen LogP contribution in [0.4, 0.5) is 5.69 Å². The van der Waals surface area contributed by atoms with Gasteiger partial charge < -0.3 is 9.73 Å². The van der Waals surface area contributed by atoms with Crippen LogP contribution in [-0.4, -0.2) is 20.6 Å². The Kier molecular flexibility index (Phi) is 4.07. The number of tetrazole rings is 1. The van der Waals surface area contributed by atoms with Crippen molar-refractivity contribution < 1.29 is 4.42 Å². The van der Waals surface area contributed by atoms with Gasteiger partial charge in [-0.3, -0.25) is 0 Å². The number of aryl methyl sites for hydroxylation is 1. The van der Waals surface area contributed by atoms with Crippen LogP contribution in [0.15, 0.2) is 40.8 Å². The van der Waals surface area contributed by atoms with Crippen LogP contribution in [0.2, 0.25) is 10.0 Å². The molecule has 0 saturated heterocycles. The molecule has 2 N–H and O–H groups in total. The van der Waals surface area contributed by atoms with E-state index in [9.17, 15) is 0 Å². The second-order valence-electron chi connectivity index (χ2n) is 5.65. The van der Waals surface area contributed by atoms with Crippen LogP contribution in [0.3, 0.4) is 0 Å². The van der Waals surface area contributed by atoms with Crippen molar-refractivity contribution >= 4 is 39.9 Å². The number of hydrogen-bond donors (Lipinski definition) is 2. The van der Waals surface area contributed by atoms with Gasteiger partial charge in [-0.2, -0.15) is 5.21 Å². The molecule has 4 aromatic rings. The van der Waals surface area contributed by atoms with Crippen molar-refractivity contribution in [3.63, 3.8) is 0 Å². The highest BCUT2D eigenvalue weighted by atomic mass is 35.5. The zero-order valence-electron chi connectivity index (χ0n) is 13.2. The van der Waals surface area contributed by atoms with Crippen molar-refractivity contribution in [2.75, 3.05) is 5.32 Å². The SMILES string of the molecule is Cc1ccc(NCc2cc3oc(-c4nn[nH]n4)cc3cc2Cl)cc1Cl. The summed E-state index contributed by atoms with van der Waals surface area (Å²) in [6, 6.07) is 11.5. The first-order valence-electron chi connectivity index (χ1n) is 7.56. The van der Waals surface area contributed by atoms with Gasteiger partial charge in [0.05, 0.1) is 0 Å². The zero-order valence-corrected chi connectivity index (χ0v) is 14.7. The summed E-state index contributed by atoms with van der Waals surface area (Å²) in [5.74, 6) is 0.941. The summed E-state index contributed by atoms with van der Waals surface area (Å²) in [6.07, 6.45) is 0. The quantitative estimate of drug-likeness (QED) is 0.534. The van der Waals surface area contributed by atoms with Crippen LogP contribution in [0, 0.1) is 6.92 Å². The number of halogens is 2. The summed E-state index contributed by atoms with van der Waals surface area (Å²) in [5, 5.41) is 19.4. The molecule has 0 amide bonds. The molecule has 0 bridgehead atoms. The smallest absolute Gasteiger partial charge is 0.239 e. The standard InChI is InChI=1S/C17H13Cl2N5O/c1-9-2-3-12(7-13(9)18)20-8-11-6-15-10(4-14(11)19)5-16(25-15)17-21-23-24-22-17/h2-7,20H,8H2,1H3,(H,21,22,23,24). The Balaban J connectivity index is 1.60. The number of nitrogens with one attached hydrogen (secondary N) is 2. The fourth-order valence-electron chi connectivity index (χ4n) is 2.51. The number of rotatable bonds is 4. The number of fused-ring (bicyclic) bond motifs is 1. The molecule has 0 saturated carbocycles. The summed E-state index contributed by atoms with van der Waals surface area (Å²) < 4.78 is 5.80. The van der Waals surface area contributed by atoms with Crippen LogP contribution >= 0.6 is 23.2 Å². The minimum Gasteiger partial charge on any atom is -0.453 e. The van der Waals surface area contributed by atoms with Gasteiger partial charge in [-0.1, -0.05) is 29.3 Å². The van der Waals surface area contributed by atoms with Gasteiger partial charge in [0.2, 0.25) is 5.82 Å². The van der Waals surface area contributed by atoms with E-state index in [-0.39, 0.29) is 0 Å². The maximum absolute atomic E-state index is 6.40. The predicted octanol–water partition coefficient (Wildman–Crippen LogP) is 4.84. The van der Waals surface area contributed by atoms with Gasteiger partial charge in [-0.15, -0.1) is 10.2 Å². The van der Waals surface area contributed by atoms with E-state index in [1.807, 2.05) is 43.3 Å². The highest BCUT2D eigenvalue weighted by molar-refractivity contribution is 6.32. The maximum Gasteiger partial charge on any atom is 0.239 e. The first-order chi connectivity index (χ1) is 12.1. The molecule has 2 aromatic heterocycles. The maximum atomic E-state index is 6.40. The van der Waals surface area contributed by atoms with E-state index < -0.39 is 0 Å². The highest BCUT2D eigenvalue weighted by Gasteiger charge is 2.12. The topological polar surface area (TPSA) is 79.6 Å². The van der Waals surface area contributed by atoms with E-state index in [4.69, 9.17) is 27.6 Å². The van der Waals surface area contributed by atoms with E-state index in [2.05, 4.69) is 25.9 Å². The Hall–Kier alpha value is -2.57. The van der Waals surface area contributed by atoms with Gasteiger partial charge >= 0.3 is 0 Å². The van der Waals surface area contributed by atoms with Gasteiger partial charge in [0.25, 0.3) is 0 Å². The number of nitrogens with zero attached hydrogens (tertiary/aromatic N) is 3. The summed E-state index contributed by atoms with van der Waals surface area (Å²) in [4.78, 5) is 0. The highest BCUT2D eigenvalue weighted by Crippen LogP contribution is 2.30. The van der Waals surface area contributed by atoms with Gasteiger partial charge in [0.15, 0.2) is 5.76 Å². The van der Waals surface area contributed by atoms with Crippen LogP contribution in [-0.2, 0) is 6.54 Å². The van der Waals surface area contributed by atoms with Gasteiger partial charge in [0.1, 0.15) is 5.58 Å². The van der Waals surface area contributed by atoms with E-state index in [0.29, 0.717) is 28.7 Å². The van der Waals surface area contributed by atoms with Crippen molar-refractivity contribution in [2.45, 2.75) is 13.5 Å². The lowest BCUT2D eigenvalue weighted by Gasteiger charge is -2.09. The van der Waals surface area contributed by atoms with Crippen molar-refractivity contribution in [1.82, 2.24) is 20.6 Å². The molecule has 2 aromatic carbocycles. The average molecular weight is 374 g/mol. The van der Waals surface area contributed by atoms with Crippen molar-refractivity contribution in [1.29, 1.82) is 0 Å². The number of benzene rings is 2. The molecule has 2 heterocycles. The molecule has 0 atom stereocenters. The molecule has 0 radical (unpaired) electrons. The lowest BCUT2D eigenvalue weighted by Crippen LogP contribution is -2.00. The number of aromatic nitrogens is 4. The molecular formula is C17H13Cl2N5O. The summed E-state index contributed by atoms with van der Waals surface area (Å²) in [7, 11) is 0. The number of aromatic amines is 1. The molecule has 0 fully saturated rings. The molecular weight excluding hydrogens is 361 g/mol. The number of anilines is 1. The van der Waals surface area contributed by atoms with Gasteiger partial charge in [-0.05, 0) is 53.6 Å². The van der Waals surface area contributed by atoms with Crippen LogP contribution in [0.1, 0.15) is 11.1 Å². The van der Waals surface area contributed by atoms with Crippen molar-refractivity contribution in [3.05, 3.63) is 57.6 Å². The number of H-pyrrole nitrogens is 1. The Morgan fingerprint density at radius 1 is 1.12 bits per heavy atom. The van der Waals surface area contributed by atoms with Crippen molar-refractivity contribution in [3.8, 4) is 11.6 Å². The monoisotopic (exact) mass is 373 g/mol. The predicted molar refractivity (Wildman–Crippen MR) is 97.9 cm³/mol. The molecule has 0 aliphatic heterocycles. The first-order valence-corrected chi connectivity index (χ1v) is 8.31. The Bertz CT molecular complexity index is 1040. The second kappa shape index (κ2) is 6.38. The number of hydrogen-bond acceptors (Lipinski definition) is 5. The van der Waals surface area contributed by atoms with E-state index in [0.717, 1.165) is 27.2 Å². The third kappa shape index (κ3) is 3.18. The van der Waals surface area contributed by atoms with Crippen LogP contribution in [0.5, 0.6) is 0 Å². The van der Waals surface area contributed by atoms with Gasteiger partial charge in [-0.25, -0.2) is 0 Å². The zero-order chi connectivity index (χ0) is 17.4. The lowest BCUT2D eigenvalue weighted by molar-refractivity contribution is 0.625. The largest absolute Gasteiger partial charge is 0.453 e. The minimum absolute atomic E-state index is 0.404. The van der Waals surface area contributed by atoms with Crippen LogP contribution < -0.4 is 5.32 Å².